The van der Waals surface area contributed by atoms with Crippen LogP contribution in [0.5, 0.6) is 0 Å². The van der Waals surface area contributed by atoms with Gasteiger partial charge in [0.25, 0.3) is 5.69 Å². The first-order chi connectivity index (χ1) is 7.91. The van der Waals surface area contributed by atoms with Crippen LogP contribution in [0.3, 0.4) is 0 Å². The van der Waals surface area contributed by atoms with Gasteiger partial charge in [-0.15, -0.1) is 0 Å². The molecule has 17 heavy (non-hydrogen) atoms. The average molecular weight is 236 g/mol. The van der Waals surface area contributed by atoms with Gasteiger partial charge in [-0.05, 0) is 26.8 Å². The molecule has 2 unspecified atom stereocenters. The minimum Gasteiger partial charge on any atom is -0.344 e. The van der Waals surface area contributed by atoms with Crippen LogP contribution in [0.15, 0.2) is 24.3 Å². The van der Waals surface area contributed by atoms with Crippen molar-refractivity contribution in [3.63, 3.8) is 0 Å². The Morgan fingerprint density at radius 2 is 2.00 bits per heavy atom. The summed E-state index contributed by atoms with van der Waals surface area (Å²) in [6.07, 6.45) is -0.960. The lowest BCUT2D eigenvalue weighted by Crippen LogP contribution is -2.20. The van der Waals surface area contributed by atoms with Gasteiger partial charge in [-0.25, -0.2) is 0 Å². The van der Waals surface area contributed by atoms with Gasteiger partial charge >= 0.3 is 0 Å². The van der Waals surface area contributed by atoms with Gasteiger partial charge in [0.2, 0.25) is 0 Å². The van der Waals surface area contributed by atoms with Gasteiger partial charge in [-0.1, -0.05) is 12.1 Å². The van der Waals surface area contributed by atoms with E-state index in [1.165, 1.54) is 6.07 Å². The number of rotatable bonds is 2. The van der Waals surface area contributed by atoms with Crippen molar-refractivity contribution in [3.05, 3.63) is 46.9 Å². The number of para-hydroxylation sites is 1. The first-order valence-corrected chi connectivity index (χ1v) is 5.33. The van der Waals surface area contributed by atoms with Gasteiger partial charge in [0.15, 0.2) is 5.79 Å². The molecule has 1 aromatic rings. The molecule has 1 aliphatic heterocycles. The first kappa shape index (κ1) is 12.0. The summed E-state index contributed by atoms with van der Waals surface area (Å²) in [5, 5.41) is 10.9. The SMILES string of the molecule is [CH2]C1OC(C)(C)OC1c1ccccc1[N+](=O)[O-]. The summed E-state index contributed by atoms with van der Waals surface area (Å²) in [4.78, 5) is 10.5. The second-order valence-corrected chi connectivity index (χ2v) is 4.41. The Labute approximate surface area is 99.5 Å². The zero-order chi connectivity index (χ0) is 12.6. The molecule has 1 saturated heterocycles. The van der Waals surface area contributed by atoms with Gasteiger partial charge in [-0.3, -0.25) is 10.1 Å². The van der Waals surface area contributed by atoms with Crippen LogP contribution in [0.1, 0.15) is 25.5 Å². The monoisotopic (exact) mass is 236 g/mol. The zero-order valence-electron chi connectivity index (χ0n) is 9.75. The highest BCUT2D eigenvalue weighted by atomic mass is 16.7. The predicted molar refractivity (Wildman–Crippen MR) is 61.2 cm³/mol. The van der Waals surface area contributed by atoms with Crippen LogP contribution < -0.4 is 0 Å². The molecule has 2 atom stereocenters. The van der Waals surface area contributed by atoms with E-state index < -0.39 is 22.9 Å². The summed E-state index contributed by atoms with van der Waals surface area (Å²) in [6.45, 7) is 7.35. The van der Waals surface area contributed by atoms with E-state index in [0.29, 0.717) is 5.56 Å². The molecular formula is C12H14NO4. The standard InChI is InChI=1S/C12H14NO4/c1-8-11(17-12(2,3)16-8)9-6-4-5-7-10(9)13(14)15/h4-8,11H,1H2,2-3H3. The van der Waals surface area contributed by atoms with Crippen molar-refractivity contribution in [1.82, 2.24) is 0 Å². The molecule has 1 radical (unpaired) electrons. The summed E-state index contributed by atoms with van der Waals surface area (Å²) in [7, 11) is 0. The Bertz CT molecular complexity index is 444. The van der Waals surface area contributed by atoms with Crippen LogP contribution in [0.4, 0.5) is 5.69 Å². The Morgan fingerprint density at radius 3 is 2.53 bits per heavy atom. The predicted octanol–water partition coefficient (Wildman–Crippen LogP) is 2.62. The number of nitro benzene ring substituents is 1. The number of hydrogen-bond acceptors (Lipinski definition) is 4. The van der Waals surface area contributed by atoms with Crippen molar-refractivity contribution in [2.75, 3.05) is 0 Å². The molecule has 0 spiro atoms. The summed E-state index contributed by atoms with van der Waals surface area (Å²) >= 11 is 0. The topological polar surface area (TPSA) is 61.6 Å². The van der Waals surface area contributed by atoms with Gasteiger partial charge in [0.05, 0.1) is 16.6 Å². The summed E-state index contributed by atoms with van der Waals surface area (Å²) in [5.74, 6) is -0.763. The summed E-state index contributed by atoms with van der Waals surface area (Å²) in [5.41, 5.74) is 0.538. The molecule has 1 aliphatic rings. The Balaban J connectivity index is 2.38. The number of nitro groups is 1. The highest BCUT2D eigenvalue weighted by Gasteiger charge is 2.41. The van der Waals surface area contributed by atoms with E-state index in [1.54, 1.807) is 32.0 Å². The van der Waals surface area contributed by atoms with Gasteiger partial charge in [0.1, 0.15) is 6.10 Å². The van der Waals surface area contributed by atoms with E-state index in [0.717, 1.165) is 0 Å². The van der Waals surface area contributed by atoms with Crippen molar-refractivity contribution >= 4 is 5.69 Å². The molecule has 1 aromatic carbocycles. The van der Waals surface area contributed by atoms with Crippen molar-refractivity contribution in [3.8, 4) is 0 Å². The van der Waals surface area contributed by atoms with Gasteiger partial charge in [0, 0.05) is 6.07 Å². The molecule has 0 aromatic heterocycles. The lowest BCUT2D eigenvalue weighted by molar-refractivity contribution is -0.386. The Hall–Kier alpha value is -1.46. The molecule has 0 amide bonds. The number of nitrogens with zero attached hydrogens (tertiary/aromatic N) is 1. The lowest BCUT2D eigenvalue weighted by Gasteiger charge is -2.16. The third kappa shape index (κ3) is 2.30. The molecule has 0 N–H and O–H groups in total. The lowest BCUT2D eigenvalue weighted by atomic mass is 10.0. The van der Waals surface area contributed by atoms with E-state index in [2.05, 4.69) is 6.92 Å². The van der Waals surface area contributed by atoms with E-state index in [4.69, 9.17) is 9.47 Å². The normalized spacial score (nSPS) is 27.0. The fourth-order valence-electron chi connectivity index (χ4n) is 1.99. The van der Waals surface area contributed by atoms with Crippen LogP contribution in [-0.2, 0) is 9.47 Å². The molecular weight excluding hydrogens is 222 g/mol. The molecule has 1 heterocycles. The number of ether oxygens (including phenoxy) is 2. The van der Waals surface area contributed by atoms with Crippen LogP contribution in [0.2, 0.25) is 0 Å². The zero-order valence-corrected chi connectivity index (χ0v) is 9.75. The fourth-order valence-corrected chi connectivity index (χ4v) is 1.99. The highest BCUT2D eigenvalue weighted by Crippen LogP contribution is 2.40. The molecule has 5 heteroatoms. The largest absolute Gasteiger partial charge is 0.344 e. The Morgan fingerprint density at radius 1 is 1.35 bits per heavy atom. The molecule has 0 bridgehead atoms. The second kappa shape index (κ2) is 4.09. The quantitative estimate of drug-likeness (QED) is 0.585. The van der Waals surface area contributed by atoms with E-state index >= 15 is 0 Å². The van der Waals surface area contributed by atoms with Crippen molar-refractivity contribution in [1.29, 1.82) is 0 Å². The molecule has 2 rings (SSSR count). The second-order valence-electron chi connectivity index (χ2n) is 4.41. The van der Waals surface area contributed by atoms with Crippen LogP contribution in [0.25, 0.3) is 0 Å². The minimum atomic E-state index is -0.763. The highest BCUT2D eigenvalue weighted by molar-refractivity contribution is 5.42. The molecule has 0 aliphatic carbocycles. The van der Waals surface area contributed by atoms with Crippen LogP contribution in [0, 0.1) is 17.0 Å². The number of hydrogen-bond donors (Lipinski definition) is 0. The smallest absolute Gasteiger partial charge is 0.275 e. The molecule has 0 saturated carbocycles. The maximum atomic E-state index is 10.9. The van der Waals surface area contributed by atoms with Crippen molar-refractivity contribution in [2.45, 2.75) is 31.8 Å². The van der Waals surface area contributed by atoms with E-state index in [1.807, 2.05) is 0 Å². The summed E-state index contributed by atoms with van der Waals surface area (Å²) < 4.78 is 11.1. The average Bonchev–Trinajstić information content (AvgIpc) is 2.52. The fraction of sp³-hybridized carbons (Fsp3) is 0.417. The molecule has 5 nitrogen and oxygen atoms in total. The van der Waals surface area contributed by atoms with Crippen LogP contribution in [-0.4, -0.2) is 16.8 Å². The van der Waals surface area contributed by atoms with Crippen molar-refractivity contribution in [2.24, 2.45) is 0 Å². The Kier molecular flexibility index (Phi) is 2.89. The first-order valence-electron chi connectivity index (χ1n) is 5.33. The van der Waals surface area contributed by atoms with E-state index in [-0.39, 0.29) is 5.69 Å². The maximum Gasteiger partial charge on any atom is 0.275 e. The minimum absolute atomic E-state index is 0.0347. The summed E-state index contributed by atoms with van der Waals surface area (Å²) in [6, 6.07) is 6.49. The van der Waals surface area contributed by atoms with Gasteiger partial charge < -0.3 is 9.47 Å². The maximum absolute atomic E-state index is 10.9. The third-order valence-corrected chi connectivity index (χ3v) is 2.62. The van der Waals surface area contributed by atoms with E-state index in [9.17, 15) is 10.1 Å². The van der Waals surface area contributed by atoms with Crippen LogP contribution >= 0.6 is 0 Å². The third-order valence-electron chi connectivity index (χ3n) is 2.62. The van der Waals surface area contributed by atoms with Crippen molar-refractivity contribution < 1.29 is 14.4 Å². The molecule has 91 valence electrons. The number of benzene rings is 1. The molecule has 1 fully saturated rings. The van der Waals surface area contributed by atoms with Gasteiger partial charge in [-0.2, -0.15) is 0 Å².